The van der Waals surface area contributed by atoms with Gasteiger partial charge in [0.2, 0.25) is 0 Å². The largest absolute Gasteiger partial charge is 0.347 e. The van der Waals surface area contributed by atoms with Crippen LogP contribution in [0.4, 0.5) is 8.78 Å². The Morgan fingerprint density at radius 2 is 1.88 bits per heavy atom. The molecule has 2 aromatic carbocycles. The quantitative estimate of drug-likeness (QED) is 0.525. The summed E-state index contributed by atoms with van der Waals surface area (Å²) in [5.74, 6) is -1.29. The minimum atomic E-state index is -0.538. The second-order valence-corrected chi connectivity index (χ2v) is 8.22. The van der Waals surface area contributed by atoms with Crippen LogP contribution in [0.5, 0.6) is 0 Å². The molecule has 1 aliphatic heterocycles. The van der Waals surface area contributed by atoms with Gasteiger partial charge in [-0.25, -0.2) is 8.78 Å². The maximum atomic E-state index is 15.0. The molecule has 2 atom stereocenters. The molecule has 1 amide bonds. The molecule has 1 aliphatic rings. The Kier molecular flexibility index (Phi) is 7.23. The summed E-state index contributed by atoms with van der Waals surface area (Å²) in [5, 5.41) is 2.98. The molecule has 4 rings (SSSR count). The molecule has 5 nitrogen and oxygen atoms in total. The Bertz CT molecular complexity index is 1220. The van der Waals surface area contributed by atoms with E-state index < -0.39 is 11.7 Å². The Balaban J connectivity index is 1.60. The van der Waals surface area contributed by atoms with Crippen LogP contribution in [0.1, 0.15) is 40.5 Å². The fraction of sp³-hybridized carbons (Fsp3) is 0.222. The molecule has 0 aliphatic carbocycles. The monoisotopic (exact) mass is 460 g/mol. The number of pyridine rings is 1. The van der Waals surface area contributed by atoms with Crippen LogP contribution in [-0.2, 0) is 6.42 Å². The van der Waals surface area contributed by atoms with Crippen LogP contribution in [-0.4, -0.2) is 35.2 Å². The van der Waals surface area contributed by atoms with Crippen molar-refractivity contribution in [3.63, 3.8) is 0 Å². The SMILES string of the molecule is CC[C@@H](N)[C@@H](Cc1ccccn1)NC(=O)c1cccc(F)c1C1=NCC(c2ccc(F)cc2)=C1. The van der Waals surface area contributed by atoms with Crippen LogP contribution < -0.4 is 11.1 Å². The lowest BCUT2D eigenvalue weighted by molar-refractivity contribution is 0.0929. The predicted molar refractivity (Wildman–Crippen MR) is 130 cm³/mol. The van der Waals surface area contributed by atoms with Crippen LogP contribution in [0.25, 0.3) is 5.57 Å². The Hall–Kier alpha value is -3.71. The molecule has 0 bridgehead atoms. The van der Waals surface area contributed by atoms with Gasteiger partial charge >= 0.3 is 0 Å². The zero-order chi connectivity index (χ0) is 24.1. The van der Waals surface area contributed by atoms with Gasteiger partial charge in [-0.2, -0.15) is 0 Å². The summed E-state index contributed by atoms with van der Waals surface area (Å²) < 4.78 is 28.3. The Labute approximate surface area is 197 Å². The number of halogens is 2. The van der Waals surface area contributed by atoms with E-state index in [9.17, 15) is 13.6 Å². The van der Waals surface area contributed by atoms with Gasteiger partial charge in [0.15, 0.2) is 0 Å². The van der Waals surface area contributed by atoms with Crippen LogP contribution >= 0.6 is 0 Å². The maximum absolute atomic E-state index is 15.0. The summed E-state index contributed by atoms with van der Waals surface area (Å²) in [6.45, 7) is 2.27. The molecular weight excluding hydrogens is 434 g/mol. The highest BCUT2D eigenvalue weighted by Gasteiger charge is 2.25. The van der Waals surface area contributed by atoms with Crippen molar-refractivity contribution < 1.29 is 13.6 Å². The molecule has 0 radical (unpaired) electrons. The fourth-order valence-electron chi connectivity index (χ4n) is 3.97. The van der Waals surface area contributed by atoms with E-state index in [0.29, 0.717) is 25.1 Å². The van der Waals surface area contributed by atoms with Crippen LogP contribution in [0.2, 0.25) is 0 Å². The van der Waals surface area contributed by atoms with Crippen LogP contribution in [0, 0.1) is 11.6 Å². The average Bonchev–Trinajstić information content (AvgIpc) is 3.33. The van der Waals surface area contributed by atoms with E-state index in [1.165, 1.54) is 24.3 Å². The van der Waals surface area contributed by atoms with E-state index >= 15 is 0 Å². The molecule has 1 aromatic heterocycles. The molecule has 3 N–H and O–H groups in total. The molecule has 174 valence electrons. The summed E-state index contributed by atoms with van der Waals surface area (Å²) in [5.41, 5.74) is 9.43. The van der Waals surface area contributed by atoms with E-state index in [4.69, 9.17) is 5.73 Å². The first-order chi connectivity index (χ1) is 16.5. The number of nitrogens with one attached hydrogen (secondary N) is 1. The van der Waals surface area contributed by atoms with Crippen molar-refractivity contribution in [1.29, 1.82) is 0 Å². The van der Waals surface area contributed by atoms with Gasteiger partial charge in [-0.3, -0.25) is 14.8 Å². The van der Waals surface area contributed by atoms with Gasteiger partial charge in [0.25, 0.3) is 5.91 Å². The summed E-state index contributed by atoms with van der Waals surface area (Å²) in [6, 6.07) is 15.4. The van der Waals surface area contributed by atoms with Gasteiger partial charge in [0.05, 0.1) is 17.8 Å². The highest BCUT2D eigenvalue weighted by atomic mass is 19.1. The molecule has 2 heterocycles. The third kappa shape index (κ3) is 5.26. The first-order valence-corrected chi connectivity index (χ1v) is 11.2. The number of hydrogen-bond acceptors (Lipinski definition) is 4. The van der Waals surface area contributed by atoms with Crippen LogP contribution in [0.3, 0.4) is 0 Å². The number of benzene rings is 2. The minimum Gasteiger partial charge on any atom is -0.347 e. The second kappa shape index (κ2) is 10.5. The third-order valence-corrected chi connectivity index (χ3v) is 5.92. The van der Waals surface area contributed by atoms with Gasteiger partial charge in [0.1, 0.15) is 11.6 Å². The number of allylic oxidation sites excluding steroid dienone is 1. The number of carbonyl (C=O) groups is 1. The molecule has 0 spiro atoms. The summed E-state index contributed by atoms with van der Waals surface area (Å²) in [7, 11) is 0. The lowest BCUT2D eigenvalue weighted by Gasteiger charge is -2.24. The standard InChI is InChI=1S/C27H26F2N4O/c1-2-23(30)24(15-20-6-3-4-13-31-20)33-27(34)21-7-5-8-22(29)26(21)25-14-18(16-32-25)17-9-11-19(28)12-10-17/h3-14,23-24H,2,15-16,30H2,1H3,(H,33,34)/t23-,24-/m1/s1. The lowest BCUT2D eigenvalue weighted by atomic mass is 9.97. The van der Waals surface area contributed by atoms with Crippen molar-refractivity contribution in [3.8, 4) is 0 Å². The summed E-state index contributed by atoms with van der Waals surface area (Å²) in [4.78, 5) is 22.1. The number of rotatable bonds is 8. The molecule has 3 aromatic rings. The minimum absolute atomic E-state index is 0.138. The van der Waals surface area contributed by atoms with Gasteiger partial charge < -0.3 is 11.1 Å². The Morgan fingerprint density at radius 3 is 2.59 bits per heavy atom. The van der Waals surface area contributed by atoms with Crippen molar-refractivity contribution in [3.05, 3.63) is 107 Å². The molecule has 0 saturated carbocycles. The number of aliphatic imine (C=N–C) groups is 1. The number of nitrogens with zero attached hydrogens (tertiary/aromatic N) is 2. The average molecular weight is 461 g/mol. The van der Waals surface area contributed by atoms with Gasteiger partial charge in [-0.15, -0.1) is 0 Å². The van der Waals surface area contributed by atoms with E-state index in [1.54, 1.807) is 30.5 Å². The summed E-state index contributed by atoms with van der Waals surface area (Å²) >= 11 is 0. The van der Waals surface area contributed by atoms with Crippen molar-refractivity contribution in [2.24, 2.45) is 10.7 Å². The lowest BCUT2D eigenvalue weighted by Crippen LogP contribution is -2.49. The summed E-state index contributed by atoms with van der Waals surface area (Å²) in [6.07, 6.45) is 4.55. The van der Waals surface area contributed by atoms with Gasteiger partial charge in [0, 0.05) is 36.0 Å². The third-order valence-electron chi connectivity index (χ3n) is 5.92. The van der Waals surface area contributed by atoms with E-state index in [0.717, 1.165) is 16.8 Å². The predicted octanol–water partition coefficient (Wildman–Crippen LogP) is 4.32. The molecule has 0 fully saturated rings. The molecule has 0 unspecified atom stereocenters. The van der Waals surface area contributed by atoms with E-state index in [2.05, 4.69) is 15.3 Å². The van der Waals surface area contributed by atoms with Crippen LogP contribution in [0.15, 0.2) is 77.9 Å². The fourth-order valence-corrected chi connectivity index (χ4v) is 3.97. The maximum Gasteiger partial charge on any atom is 0.252 e. The molecular formula is C27H26F2N4O. The number of nitrogens with two attached hydrogens (primary N) is 1. The van der Waals surface area contributed by atoms with Crippen molar-refractivity contribution in [1.82, 2.24) is 10.3 Å². The topological polar surface area (TPSA) is 80.4 Å². The normalized spacial score (nSPS) is 14.8. The van der Waals surface area contributed by atoms with E-state index in [-0.39, 0.29) is 29.0 Å². The zero-order valence-corrected chi connectivity index (χ0v) is 18.8. The number of aromatic nitrogens is 1. The number of amides is 1. The van der Waals surface area contributed by atoms with E-state index in [1.807, 2.05) is 25.1 Å². The van der Waals surface area contributed by atoms with Gasteiger partial charge in [-0.05, 0) is 60.0 Å². The first kappa shape index (κ1) is 23.4. The van der Waals surface area contributed by atoms with Crippen molar-refractivity contribution >= 4 is 17.2 Å². The molecule has 7 heteroatoms. The molecule has 34 heavy (non-hydrogen) atoms. The Morgan fingerprint density at radius 1 is 1.09 bits per heavy atom. The smallest absolute Gasteiger partial charge is 0.252 e. The second-order valence-electron chi connectivity index (χ2n) is 8.22. The zero-order valence-electron chi connectivity index (χ0n) is 18.8. The van der Waals surface area contributed by atoms with Crippen molar-refractivity contribution in [2.45, 2.75) is 31.8 Å². The number of hydrogen-bond donors (Lipinski definition) is 2. The highest BCUT2D eigenvalue weighted by molar-refractivity contribution is 6.19. The van der Waals surface area contributed by atoms with Gasteiger partial charge in [-0.1, -0.05) is 31.2 Å². The highest BCUT2D eigenvalue weighted by Crippen LogP contribution is 2.25. The molecule has 0 saturated heterocycles. The van der Waals surface area contributed by atoms with Crippen molar-refractivity contribution in [2.75, 3.05) is 6.54 Å². The number of carbonyl (C=O) groups excluding carboxylic acids is 1. The first-order valence-electron chi connectivity index (χ1n) is 11.2.